The minimum atomic E-state index is -3.65. The van der Waals surface area contributed by atoms with Gasteiger partial charge in [-0.2, -0.15) is 0 Å². The van der Waals surface area contributed by atoms with Crippen LogP contribution in [0.15, 0.2) is 0 Å². The maximum atomic E-state index is 9.17. The van der Waals surface area contributed by atoms with Gasteiger partial charge in [-0.15, -0.1) is 0 Å². The summed E-state index contributed by atoms with van der Waals surface area (Å²) in [6.07, 6.45) is 1.88. The van der Waals surface area contributed by atoms with E-state index in [-0.39, 0.29) is 0 Å². The fourth-order valence-electron chi connectivity index (χ4n) is 0.473. The molecule has 4 heteroatoms. The minimum absolute atomic E-state index is 0.439. The molecule has 0 atom stereocenters. The summed E-state index contributed by atoms with van der Waals surface area (Å²) in [6.45, 7) is 5.16. The Kier molecular flexibility index (Phi) is 3.24. The molecule has 0 aliphatic carbocycles. The van der Waals surface area contributed by atoms with Crippen molar-refractivity contribution in [3.63, 3.8) is 0 Å². The van der Waals surface area contributed by atoms with E-state index in [1.807, 2.05) is 6.92 Å². The molecule has 10 heavy (non-hydrogen) atoms. The first-order chi connectivity index (χ1) is 4.31. The maximum absolute atomic E-state index is 9.17. The first-order valence-electron chi connectivity index (χ1n) is 3.47. The van der Waals surface area contributed by atoms with E-state index in [4.69, 9.17) is 4.52 Å². The molecule has 0 rings (SSSR count). The Morgan fingerprint density at radius 1 is 1.30 bits per heavy atom. The number of rotatable bonds is 4. The fraction of sp³-hybridized carbons (Fsp3) is 1.00. The third kappa shape index (κ3) is 8.31. The van der Waals surface area contributed by atoms with E-state index in [1.54, 1.807) is 0 Å². The van der Waals surface area contributed by atoms with Crippen molar-refractivity contribution < 1.29 is 14.3 Å². The molecule has 64 valence electrons. The topological polar surface area (TPSA) is 49.7 Å². The molecule has 0 amide bonds. The number of unbranched alkanes of at least 4 members (excludes halogenated alkanes) is 1. The zero-order chi connectivity index (χ0) is 8.28. The van der Waals surface area contributed by atoms with Gasteiger partial charge >= 0.3 is 61.3 Å². The molecule has 0 heterocycles. The second kappa shape index (κ2) is 3.14. The molecule has 3 nitrogen and oxygen atoms in total. The van der Waals surface area contributed by atoms with Crippen LogP contribution in [-0.2, 0) is 4.52 Å². The summed E-state index contributed by atoms with van der Waals surface area (Å²) in [4.78, 5) is 18.3. The van der Waals surface area contributed by atoms with Crippen LogP contribution in [0.5, 0.6) is 0 Å². The van der Waals surface area contributed by atoms with E-state index in [2.05, 4.69) is 0 Å². The second-order valence-electron chi connectivity index (χ2n) is 3.05. The third-order valence-electron chi connectivity index (χ3n) is 0.963. The van der Waals surface area contributed by atoms with Crippen molar-refractivity contribution in [2.75, 3.05) is 19.9 Å². The molecule has 0 aromatic rings. The average Bonchev–Trinajstić information content (AvgIpc) is 1.61. The van der Waals surface area contributed by atoms with E-state index in [0.29, 0.717) is 6.61 Å². The predicted molar refractivity (Wildman–Crippen MR) is 44.1 cm³/mol. The van der Waals surface area contributed by atoms with Crippen molar-refractivity contribution in [3.05, 3.63) is 0 Å². The van der Waals surface area contributed by atoms with Crippen molar-refractivity contribution in [1.82, 2.24) is 0 Å². The van der Waals surface area contributed by atoms with Crippen LogP contribution in [0.2, 0.25) is 0 Å². The normalized spacial score (nSPS) is 16.3. The monoisotopic (exact) mass is 168 g/mol. The van der Waals surface area contributed by atoms with E-state index in [0.717, 1.165) is 12.8 Å². The van der Waals surface area contributed by atoms with Crippen LogP contribution < -0.4 is 0 Å². The van der Waals surface area contributed by atoms with Gasteiger partial charge in [-0.05, 0) is 0 Å². The van der Waals surface area contributed by atoms with Crippen LogP contribution in [0.3, 0.4) is 0 Å². The second-order valence-corrected chi connectivity index (χ2v) is 7.04. The molecule has 0 fully saturated rings. The zero-order valence-electron chi connectivity index (χ0n) is 6.87. The van der Waals surface area contributed by atoms with Crippen molar-refractivity contribution >= 4 is 7.28 Å². The Hall–Kier alpha value is 0.310. The summed E-state index contributed by atoms with van der Waals surface area (Å²) in [6, 6.07) is 0. The Morgan fingerprint density at radius 3 is 2.10 bits per heavy atom. The molecule has 0 aliphatic rings. The third-order valence-corrected chi connectivity index (χ3v) is 1.89. The Bertz CT molecular complexity index is 96.1. The molecule has 0 saturated heterocycles. The first-order valence-corrected chi connectivity index (χ1v) is 6.43. The van der Waals surface area contributed by atoms with Crippen molar-refractivity contribution in [3.8, 4) is 0 Å². The van der Waals surface area contributed by atoms with E-state index >= 15 is 0 Å². The van der Waals surface area contributed by atoms with Crippen molar-refractivity contribution in [2.45, 2.75) is 19.8 Å². The molecule has 2 N–H and O–H groups in total. The van der Waals surface area contributed by atoms with Crippen LogP contribution in [0.25, 0.3) is 0 Å². The molecule has 0 radical (unpaired) electrons. The van der Waals surface area contributed by atoms with E-state index in [1.165, 1.54) is 13.3 Å². The number of hydrogen-bond acceptors (Lipinski definition) is 3. The van der Waals surface area contributed by atoms with Gasteiger partial charge in [-0.25, -0.2) is 0 Å². The molecule has 0 bridgehead atoms. The van der Waals surface area contributed by atoms with E-state index in [9.17, 15) is 9.79 Å². The summed E-state index contributed by atoms with van der Waals surface area (Å²) in [7, 11) is -3.65. The fourth-order valence-corrected chi connectivity index (χ4v) is 1.13. The summed E-state index contributed by atoms with van der Waals surface area (Å²) in [5.41, 5.74) is 0. The standard InChI is InChI=1S/C6H17O3P/c1-4-5-6-9-10(2,3,7)8/h7-8H,4-6H2,1-3H3. The summed E-state index contributed by atoms with van der Waals surface area (Å²) in [5.74, 6) is 0. The average molecular weight is 168 g/mol. The molecular weight excluding hydrogens is 151 g/mol. The molecule has 0 unspecified atom stereocenters. The van der Waals surface area contributed by atoms with E-state index < -0.39 is 7.28 Å². The summed E-state index contributed by atoms with van der Waals surface area (Å²) in [5, 5.41) is 0. The van der Waals surface area contributed by atoms with Crippen molar-refractivity contribution in [1.29, 1.82) is 0 Å². The molecule has 0 aromatic carbocycles. The molecule has 0 aromatic heterocycles. The molecule has 0 spiro atoms. The first kappa shape index (κ1) is 10.3. The number of hydrogen-bond donors (Lipinski definition) is 2. The van der Waals surface area contributed by atoms with Gasteiger partial charge < -0.3 is 0 Å². The zero-order valence-corrected chi connectivity index (χ0v) is 7.77. The van der Waals surface area contributed by atoms with Crippen LogP contribution in [-0.4, -0.2) is 29.7 Å². The van der Waals surface area contributed by atoms with Gasteiger partial charge in [-0.1, -0.05) is 0 Å². The Labute approximate surface area is 62.2 Å². The molecule has 0 aliphatic heterocycles. The van der Waals surface area contributed by atoms with Gasteiger partial charge in [0, 0.05) is 0 Å². The Balaban J connectivity index is 3.49. The Morgan fingerprint density at radius 2 is 1.80 bits per heavy atom. The van der Waals surface area contributed by atoms with Gasteiger partial charge in [0.05, 0.1) is 0 Å². The van der Waals surface area contributed by atoms with Crippen molar-refractivity contribution in [2.24, 2.45) is 0 Å². The van der Waals surface area contributed by atoms with Crippen LogP contribution >= 0.6 is 7.28 Å². The molecular formula is C6H17O3P. The van der Waals surface area contributed by atoms with Gasteiger partial charge in [-0.3, -0.25) is 0 Å². The van der Waals surface area contributed by atoms with Crippen LogP contribution in [0.1, 0.15) is 19.8 Å². The summed E-state index contributed by atoms with van der Waals surface area (Å²) >= 11 is 0. The predicted octanol–water partition coefficient (Wildman–Crippen LogP) is 1.35. The van der Waals surface area contributed by atoms with Crippen LogP contribution in [0.4, 0.5) is 0 Å². The summed E-state index contributed by atoms with van der Waals surface area (Å²) < 4.78 is 4.90. The van der Waals surface area contributed by atoms with Gasteiger partial charge in [0.1, 0.15) is 0 Å². The van der Waals surface area contributed by atoms with Gasteiger partial charge in [0.15, 0.2) is 0 Å². The van der Waals surface area contributed by atoms with Gasteiger partial charge in [0.25, 0.3) is 0 Å². The quantitative estimate of drug-likeness (QED) is 0.492. The SMILES string of the molecule is CCCCOP(C)(C)(O)O. The molecule has 0 saturated carbocycles. The van der Waals surface area contributed by atoms with Crippen LogP contribution in [0, 0.1) is 0 Å². The van der Waals surface area contributed by atoms with Gasteiger partial charge in [0.2, 0.25) is 0 Å².